The van der Waals surface area contributed by atoms with Gasteiger partial charge >= 0.3 is 0 Å². The molecule has 0 amide bonds. The number of rotatable bonds is 8. The summed E-state index contributed by atoms with van der Waals surface area (Å²) >= 11 is 0. The van der Waals surface area contributed by atoms with Crippen LogP contribution in [-0.4, -0.2) is 0 Å². The van der Waals surface area contributed by atoms with E-state index in [1.165, 1.54) is 0 Å². The second-order valence-electron chi connectivity index (χ2n) is 10.4. The number of nitrogens with zero attached hydrogens (tertiary/aromatic N) is 2. The van der Waals surface area contributed by atoms with Gasteiger partial charge in [0.25, 0.3) is 0 Å². The van der Waals surface area contributed by atoms with Crippen LogP contribution in [0.2, 0.25) is 0 Å². The number of nitriles is 2. The Morgan fingerprint density at radius 3 is 1.03 bits per heavy atom. The first kappa shape index (κ1) is 26.8. The minimum Gasteiger partial charge on any atom is -0.453 e. The first-order chi connectivity index (χ1) is 17.1. The van der Waals surface area contributed by atoms with Gasteiger partial charge in [-0.2, -0.15) is 10.5 Å². The summed E-state index contributed by atoms with van der Waals surface area (Å²) in [7, 11) is 0. The van der Waals surface area contributed by atoms with Crippen LogP contribution in [0.5, 0.6) is 23.0 Å². The summed E-state index contributed by atoms with van der Waals surface area (Å²) in [6, 6.07) is 20.0. The Bertz CT molecular complexity index is 1170. The highest BCUT2D eigenvalue weighted by molar-refractivity contribution is 5.60. The van der Waals surface area contributed by atoms with Gasteiger partial charge < -0.3 is 9.47 Å². The molecule has 3 aromatic carbocycles. The summed E-state index contributed by atoms with van der Waals surface area (Å²) in [5.74, 6) is 3.38. The predicted octanol–water partition coefficient (Wildman–Crippen LogP) is 9.51. The van der Waals surface area contributed by atoms with Crippen molar-refractivity contribution < 1.29 is 9.47 Å². The summed E-state index contributed by atoms with van der Waals surface area (Å²) in [5.41, 5.74) is 4.85. The highest BCUT2D eigenvalue weighted by Crippen LogP contribution is 2.45. The Kier molecular flexibility index (Phi) is 8.44. The van der Waals surface area contributed by atoms with E-state index in [0.29, 0.717) is 11.5 Å². The van der Waals surface area contributed by atoms with Crippen molar-refractivity contribution in [3.05, 3.63) is 81.9 Å². The van der Waals surface area contributed by atoms with Crippen LogP contribution >= 0.6 is 0 Å². The van der Waals surface area contributed by atoms with E-state index in [1.807, 2.05) is 0 Å². The van der Waals surface area contributed by atoms with Gasteiger partial charge in [0, 0.05) is 12.1 Å². The third-order valence-corrected chi connectivity index (χ3v) is 6.39. The molecule has 3 aromatic rings. The van der Waals surface area contributed by atoms with E-state index < -0.39 is 0 Å². The standard InChI is InChI=1S/C32H36N2O2/c1-19(2)25-11-9-12-26(20(3)4)31(25)35-29-15-23(17-33)24(18-34)16-30(29)36-32-27(21(5)6)13-10-14-28(32)22(7)8/h9-16,19-22H,1-8H3. The molecule has 0 atom stereocenters. The third-order valence-electron chi connectivity index (χ3n) is 6.39. The average molecular weight is 481 g/mol. The van der Waals surface area contributed by atoms with Crippen LogP contribution in [0.15, 0.2) is 48.5 Å². The van der Waals surface area contributed by atoms with E-state index in [-0.39, 0.29) is 34.8 Å². The fraction of sp³-hybridized carbons (Fsp3) is 0.375. The molecule has 0 saturated heterocycles. The van der Waals surface area contributed by atoms with Crippen molar-refractivity contribution in [2.75, 3.05) is 0 Å². The summed E-state index contributed by atoms with van der Waals surface area (Å²) in [4.78, 5) is 0. The van der Waals surface area contributed by atoms with Gasteiger partial charge in [0.1, 0.15) is 23.6 Å². The maximum Gasteiger partial charge on any atom is 0.171 e. The molecule has 0 fully saturated rings. The van der Waals surface area contributed by atoms with Crippen molar-refractivity contribution in [1.82, 2.24) is 0 Å². The third kappa shape index (κ3) is 5.55. The molecule has 36 heavy (non-hydrogen) atoms. The Morgan fingerprint density at radius 2 is 0.806 bits per heavy atom. The molecule has 186 valence electrons. The second kappa shape index (κ2) is 11.3. The maximum absolute atomic E-state index is 9.74. The smallest absolute Gasteiger partial charge is 0.171 e. The average Bonchev–Trinajstić information content (AvgIpc) is 2.84. The maximum atomic E-state index is 9.74. The number of benzene rings is 3. The Morgan fingerprint density at radius 1 is 0.528 bits per heavy atom. The molecule has 0 unspecified atom stereocenters. The number of ether oxygens (including phenoxy) is 2. The van der Waals surface area contributed by atoms with Gasteiger partial charge in [-0.1, -0.05) is 91.8 Å². The van der Waals surface area contributed by atoms with E-state index >= 15 is 0 Å². The zero-order valence-electron chi connectivity index (χ0n) is 22.6. The van der Waals surface area contributed by atoms with Gasteiger partial charge in [-0.15, -0.1) is 0 Å². The molecule has 3 rings (SSSR count). The normalized spacial score (nSPS) is 11.2. The second-order valence-corrected chi connectivity index (χ2v) is 10.4. The SMILES string of the molecule is CC(C)c1cccc(C(C)C)c1Oc1cc(C#N)c(C#N)cc1Oc1c(C(C)C)cccc1C(C)C. The monoisotopic (exact) mass is 480 g/mol. The van der Waals surface area contributed by atoms with Gasteiger partial charge in [0.15, 0.2) is 11.5 Å². The lowest BCUT2D eigenvalue weighted by Gasteiger charge is -2.23. The lowest BCUT2D eigenvalue weighted by Crippen LogP contribution is -2.04. The highest BCUT2D eigenvalue weighted by Gasteiger charge is 2.22. The molecule has 4 heteroatoms. The molecule has 4 nitrogen and oxygen atoms in total. The molecular formula is C32H36N2O2. The largest absolute Gasteiger partial charge is 0.453 e. The van der Waals surface area contributed by atoms with Crippen LogP contribution in [0.25, 0.3) is 0 Å². The van der Waals surface area contributed by atoms with E-state index in [9.17, 15) is 10.5 Å². The Balaban J connectivity index is 2.27. The molecular weight excluding hydrogens is 444 g/mol. The quantitative estimate of drug-likeness (QED) is 0.322. The molecule has 0 aromatic heterocycles. The van der Waals surface area contributed by atoms with Crippen molar-refractivity contribution in [2.24, 2.45) is 0 Å². The number of hydrogen-bond acceptors (Lipinski definition) is 4. The number of para-hydroxylation sites is 2. The van der Waals surface area contributed by atoms with Crippen LogP contribution in [0.4, 0.5) is 0 Å². The zero-order chi connectivity index (χ0) is 26.6. The van der Waals surface area contributed by atoms with Crippen molar-refractivity contribution >= 4 is 0 Å². The molecule has 0 N–H and O–H groups in total. The van der Waals surface area contributed by atoms with Crippen molar-refractivity contribution in [3.63, 3.8) is 0 Å². The molecule has 0 aliphatic rings. The van der Waals surface area contributed by atoms with Crippen LogP contribution in [0, 0.1) is 22.7 Å². The van der Waals surface area contributed by atoms with Gasteiger partial charge in [0.2, 0.25) is 0 Å². The topological polar surface area (TPSA) is 66.0 Å². The Labute approximate surface area is 216 Å². The summed E-state index contributed by atoms with van der Waals surface area (Å²) in [6.07, 6.45) is 0. The van der Waals surface area contributed by atoms with E-state index in [4.69, 9.17) is 9.47 Å². The van der Waals surface area contributed by atoms with Crippen LogP contribution in [0.3, 0.4) is 0 Å². The van der Waals surface area contributed by atoms with Crippen LogP contribution < -0.4 is 9.47 Å². The first-order valence-corrected chi connectivity index (χ1v) is 12.7. The van der Waals surface area contributed by atoms with E-state index in [2.05, 4.69) is 104 Å². The summed E-state index contributed by atoms with van der Waals surface area (Å²) in [5, 5.41) is 19.5. The lowest BCUT2D eigenvalue weighted by atomic mass is 9.93. The molecule has 0 saturated carbocycles. The highest BCUT2D eigenvalue weighted by atomic mass is 16.5. The van der Waals surface area contributed by atoms with Gasteiger partial charge in [0.05, 0.1) is 11.1 Å². The minimum absolute atomic E-state index is 0.242. The van der Waals surface area contributed by atoms with Crippen molar-refractivity contribution in [3.8, 4) is 35.1 Å². The van der Waals surface area contributed by atoms with E-state index in [1.54, 1.807) is 12.1 Å². The van der Waals surface area contributed by atoms with Gasteiger partial charge in [-0.05, 0) is 45.9 Å². The fourth-order valence-corrected chi connectivity index (χ4v) is 4.33. The summed E-state index contributed by atoms with van der Waals surface area (Å²) < 4.78 is 13.2. The molecule has 0 radical (unpaired) electrons. The zero-order valence-corrected chi connectivity index (χ0v) is 22.6. The van der Waals surface area contributed by atoms with Crippen LogP contribution in [0.1, 0.15) is 112 Å². The molecule has 0 heterocycles. The molecule has 0 spiro atoms. The van der Waals surface area contributed by atoms with E-state index in [0.717, 1.165) is 33.8 Å². The molecule has 0 aliphatic heterocycles. The Hall–Kier alpha value is -3.76. The van der Waals surface area contributed by atoms with Crippen LogP contribution in [-0.2, 0) is 0 Å². The minimum atomic E-state index is 0.242. The number of hydrogen-bond donors (Lipinski definition) is 0. The molecule has 0 aliphatic carbocycles. The lowest BCUT2D eigenvalue weighted by molar-refractivity contribution is 0.404. The van der Waals surface area contributed by atoms with Gasteiger partial charge in [-0.25, -0.2) is 0 Å². The summed E-state index contributed by atoms with van der Waals surface area (Å²) in [6.45, 7) is 17.1. The molecule has 0 bridgehead atoms. The fourth-order valence-electron chi connectivity index (χ4n) is 4.33. The predicted molar refractivity (Wildman–Crippen MR) is 145 cm³/mol. The van der Waals surface area contributed by atoms with Crippen molar-refractivity contribution in [2.45, 2.75) is 79.1 Å². The first-order valence-electron chi connectivity index (χ1n) is 12.7. The van der Waals surface area contributed by atoms with Gasteiger partial charge in [-0.3, -0.25) is 0 Å². The van der Waals surface area contributed by atoms with Crippen molar-refractivity contribution in [1.29, 1.82) is 10.5 Å².